The summed E-state index contributed by atoms with van der Waals surface area (Å²) in [5.74, 6) is 2.78. The Morgan fingerprint density at radius 1 is 0.900 bits per heavy atom. The molecule has 2 heterocycles. The number of piperazine rings is 1. The van der Waals surface area contributed by atoms with Crippen LogP contribution in [-0.4, -0.2) is 53.6 Å². The van der Waals surface area contributed by atoms with Crippen LogP contribution in [0.1, 0.15) is 65.9 Å². The second-order valence-corrected chi connectivity index (χ2v) is 11.5. The Balaban J connectivity index is 1.12. The maximum Gasteiger partial charge on any atom is 0.228 e. The standard InChI is InChI=1S/C24H32N2O3S/c1-16-2-4-21(30-16)20(27)3-5-22(28)25-6-8-26(9-7-25)23(29)24-13-17-10-18(14-24)12-19(11-17)15-24/h2,4,17-19H,3,5-15H2,1H3. The normalized spacial score (nSPS) is 32.5. The van der Waals surface area contributed by atoms with E-state index in [1.54, 1.807) is 0 Å². The molecule has 4 bridgehead atoms. The number of hydrogen-bond acceptors (Lipinski definition) is 4. The van der Waals surface area contributed by atoms with Crippen LogP contribution >= 0.6 is 11.3 Å². The number of amides is 2. The minimum atomic E-state index is -0.0911. The van der Waals surface area contributed by atoms with E-state index in [2.05, 4.69) is 0 Å². The maximum absolute atomic E-state index is 13.5. The molecule has 1 saturated heterocycles. The molecule has 4 aliphatic carbocycles. The molecule has 5 nitrogen and oxygen atoms in total. The lowest BCUT2D eigenvalue weighted by molar-refractivity contribution is -0.160. The Hall–Kier alpha value is -1.69. The molecule has 5 aliphatic rings. The van der Waals surface area contributed by atoms with Crippen LogP contribution in [0.3, 0.4) is 0 Å². The van der Waals surface area contributed by atoms with Crippen molar-refractivity contribution in [2.75, 3.05) is 26.2 Å². The van der Waals surface area contributed by atoms with Crippen LogP contribution in [0.4, 0.5) is 0 Å². The van der Waals surface area contributed by atoms with Gasteiger partial charge in [0.1, 0.15) is 0 Å². The van der Waals surface area contributed by atoms with Crippen molar-refractivity contribution in [2.45, 2.75) is 58.3 Å². The summed E-state index contributed by atoms with van der Waals surface area (Å²) < 4.78 is 0. The molecule has 30 heavy (non-hydrogen) atoms. The zero-order chi connectivity index (χ0) is 20.9. The van der Waals surface area contributed by atoms with E-state index in [4.69, 9.17) is 0 Å². The van der Waals surface area contributed by atoms with Gasteiger partial charge >= 0.3 is 0 Å². The fourth-order valence-electron chi connectivity index (χ4n) is 6.95. The molecule has 1 aromatic heterocycles. The highest BCUT2D eigenvalue weighted by Crippen LogP contribution is 2.60. The SMILES string of the molecule is Cc1ccc(C(=O)CCC(=O)N2CCN(C(=O)C34CC5CC(CC(C5)C3)C4)CC2)s1. The quantitative estimate of drug-likeness (QED) is 0.668. The molecule has 0 atom stereocenters. The van der Waals surface area contributed by atoms with Gasteiger partial charge in [-0.15, -0.1) is 11.3 Å². The third kappa shape index (κ3) is 3.72. The summed E-state index contributed by atoms with van der Waals surface area (Å²) in [5, 5.41) is 0. The second-order valence-electron chi connectivity index (χ2n) is 10.2. The largest absolute Gasteiger partial charge is 0.339 e. The first-order valence-electron chi connectivity index (χ1n) is 11.6. The van der Waals surface area contributed by atoms with E-state index in [9.17, 15) is 14.4 Å². The smallest absolute Gasteiger partial charge is 0.228 e. The van der Waals surface area contributed by atoms with E-state index in [1.165, 1.54) is 30.6 Å². The molecule has 6 rings (SSSR count). The average Bonchev–Trinajstić information content (AvgIpc) is 3.17. The van der Waals surface area contributed by atoms with Gasteiger partial charge in [0.05, 0.1) is 10.3 Å². The summed E-state index contributed by atoms with van der Waals surface area (Å²) in [6, 6.07) is 3.79. The Morgan fingerprint density at radius 3 is 2.00 bits per heavy atom. The first kappa shape index (κ1) is 20.2. The Kier molecular flexibility index (Phi) is 5.24. The average molecular weight is 429 g/mol. The van der Waals surface area contributed by atoms with Crippen molar-refractivity contribution in [2.24, 2.45) is 23.2 Å². The van der Waals surface area contributed by atoms with Gasteiger partial charge < -0.3 is 9.80 Å². The van der Waals surface area contributed by atoms with Crippen LogP contribution in [-0.2, 0) is 9.59 Å². The van der Waals surface area contributed by atoms with Gasteiger partial charge in [-0.1, -0.05) is 0 Å². The van der Waals surface area contributed by atoms with Gasteiger partial charge in [-0.2, -0.15) is 0 Å². The van der Waals surface area contributed by atoms with Gasteiger partial charge in [-0.05, 0) is 75.3 Å². The molecule has 0 aromatic carbocycles. The van der Waals surface area contributed by atoms with Crippen LogP contribution in [0.15, 0.2) is 12.1 Å². The summed E-state index contributed by atoms with van der Waals surface area (Å²) in [4.78, 5) is 44.1. The summed E-state index contributed by atoms with van der Waals surface area (Å²) in [5.41, 5.74) is -0.0911. The summed E-state index contributed by atoms with van der Waals surface area (Å²) in [6.07, 6.45) is 7.86. The van der Waals surface area contributed by atoms with Gasteiger partial charge in [-0.3, -0.25) is 14.4 Å². The monoisotopic (exact) mass is 428 g/mol. The topological polar surface area (TPSA) is 57.7 Å². The summed E-state index contributed by atoms with van der Waals surface area (Å²) in [7, 11) is 0. The van der Waals surface area contributed by atoms with E-state index in [-0.39, 0.29) is 29.9 Å². The first-order chi connectivity index (χ1) is 14.4. The third-order valence-electron chi connectivity index (χ3n) is 7.99. The Labute approximate surface area is 182 Å². The minimum absolute atomic E-state index is 0.0403. The molecule has 2 amide bonds. The lowest BCUT2D eigenvalue weighted by atomic mass is 9.49. The van der Waals surface area contributed by atoms with Crippen molar-refractivity contribution in [3.8, 4) is 0 Å². The van der Waals surface area contributed by atoms with E-state index in [0.717, 1.165) is 46.8 Å². The van der Waals surface area contributed by atoms with Gasteiger partial charge in [0.25, 0.3) is 0 Å². The molecule has 0 spiro atoms. The first-order valence-corrected chi connectivity index (χ1v) is 12.4. The number of thiophene rings is 1. The number of ketones is 1. The zero-order valence-electron chi connectivity index (χ0n) is 17.9. The molecule has 0 N–H and O–H groups in total. The van der Waals surface area contributed by atoms with E-state index >= 15 is 0 Å². The molecule has 0 radical (unpaired) electrons. The van der Waals surface area contributed by atoms with Crippen LogP contribution in [0, 0.1) is 30.1 Å². The minimum Gasteiger partial charge on any atom is -0.339 e. The molecule has 162 valence electrons. The van der Waals surface area contributed by atoms with Crippen LogP contribution < -0.4 is 0 Å². The van der Waals surface area contributed by atoms with Crippen molar-refractivity contribution in [3.63, 3.8) is 0 Å². The van der Waals surface area contributed by atoms with Crippen molar-refractivity contribution in [1.82, 2.24) is 9.80 Å². The number of rotatable bonds is 5. The summed E-state index contributed by atoms with van der Waals surface area (Å²) in [6.45, 7) is 4.47. The molecule has 6 heteroatoms. The number of nitrogens with zero attached hydrogens (tertiary/aromatic N) is 2. The van der Waals surface area contributed by atoms with Crippen LogP contribution in [0.5, 0.6) is 0 Å². The summed E-state index contributed by atoms with van der Waals surface area (Å²) >= 11 is 1.49. The number of Topliss-reactive ketones (excluding diaryl/α,β-unsaturated/α-hetero) is 1. The maximum atomic E-state index is 13.5. The zero-order valence-corrected chi connectivity index (χ0v) is 18.7. The number of carbonyl (C=O) groups is 3. The third-order valence-corrected chi connectivity index (χ3v) is 9.03. The van der Waals surface area contributed by atoms with E-state index in [0.29, 0.717) is 32.1 Å². The van der Waals surface area contributed by atoms with Crippen molar-refractivity contribution >= 4 is 28.9 Å². The molecule has 5 fully saturated rings. The predicted octanol–water partition coefficient (Wildman–Crippen LogP) is 3.91. The van der Waals surface area contributed by atoms with E-state index in [1.807, 2.05) is 28.9 Å². The van der Waals surface area contributed by atoms with E-state index < -0.39 is 0 Å². The highest BCUT2D eigenvalue weighted by Gasteiger charge is 2.55. The lowest BCUT2D eigenvalue weighted by Crippen LogP contribution is -2.58. The molecule has 0 unspecified atom stereocenters. The van der Waals surface area contributed by atoms with Gasteiger partial charge in [0.15, 0.2) is 5.78 Å². The molecule has 1 aromatic rings. The number of hydrogen-bond donors (Lipinski definition) is 0. The van der Waals surface area contributed by atoms with Crippen molar-refractivity contribution < 1.29 is 14.4 Å². The fourth-order valence-corrected chi connectivity index (χ4v) is 7.79. The predicted molar refractivity (Wildman–Crippen MR) is 116 cm³/mol. The van der Waals surface area contributed by atoms with Gasteiger partial charge in [0.2, 0.25) is 11.8 Å². The Morgan fingerprint density at radius 2 is 1.47 bits per heavy atom. The highest BCUT2D eigenvalue weighted by molar-refractivity contribution is 7.14. The molecular weight excluding hydrogens is 396 g/mol. The van der Waals surface area contributed by atoms with Crippen LogP contribution in [0.25, 0.3) is 0 Å². The Bertz CT molecular complexity index is 817. The molecule has 4 saturated carbocycles. The molecule has 1 aliphatic heterocycles. The van der Waals surface area contributed by atoms with Crippen molar-refractivity contribution in [3.05, 3.63) is 21.9 Å². The number of carbonyl (C=O) groups excluding carboxylic acids is 3. The van der Waals surface area contributed by atoms with Crippen LogP contribution in [0.2, 0.25) is 0 Å². The van der Waals surface area contributed by atoms with Gasteiger partial charge in [0, 0.05) is 43.9 Å². The van der Waals surface area contributed by atoms with Crippen molar-refractivity contribution in [1.29, 1.82) is 0 Å². The second kappa shape index (κ2) is 7.77. The molecular formula is C24H32N2O3S. The van der Waals surface area contributed by atoms with Gasteiger partial charge in [-0.25, -0.2) is 0 Å². The number of aryl methyl sites for hydroxylation is 1. The highest BCUT2D eigenvalue weighted by atomic mass is 32.1. The fraction of sp³-hybridized carbons (Fsp3) is 0.708. The lowest BCUT2D eigenvalue weighted by Gasteiger charge is -2.57.